The van der Waals surface area contributed by atoms with Gasteiger partial charge in [-0.3, -0.25) is 0 Å². The molecule has 0 atom stereocenters. The standard InChI is InChI=1S/C7H6F2O.C4H9N/c8-4-5-3-6(10)1-2-7(5)9;5-4-2-1-3-4/h1-3,10H,4H2;4H,1-3,5H2. The van der Waals surface area contributed by atoms with Crippen LogP contribution in [0.1, 0.15) is 24.8 Å². The predicted octanol–water partition coefficient (Wildman–Crippen LogP) is 2.50. The van der Waals surface area contributed by atoms with Gasteiger partial charge >= 0.3 is 0 Å². The van der Waals surface area contributed by atoms with Crippen LogP contribution in [0.25, 0.3) is 0 Å². The van der Waals surface area contributed by atoms with Gasteiger partial charge in [0, 0.05) is 11.6 Å². The Kier molecular flexibility index (Phi) is 4.49. The molecule has 0 amide bonds. The van der Waals surface area contributed by atoms with Crippen LogP contribution in [0.3, 0.4) is 0 Å². The molecule has 0 bridgehead atoms. The van der Waals surface area contributed by atoms with Gasteiger partial charge in [-0.05, 0) is 31.0 Å². The number of phenols is 1. The maximum Gasteiger partial charge on any atom is 0.129 e. The number of rotatable bonds is 1. The van der Waals surface area contributed by atoms with Crippen molar-refractivity contribution in [2.24, 2.45) is 5.73 Å². The van der Waals surface area contributed by atoms with E-state index in [0.717, 1.165) is 12.1 Å². The molecule has 1 aromatic carbocycles. The van der Waals surface area contributed by atoms with Gasteiger partial charge in [0.25, 0.3) is 0 Å². The van der Waals surface area contributed by atoms with Crippen molar-refractivity contribution in [3.05, 3.63) is 29.6 Å². The van der Waals surface area contributed by atoms with Crippen molar-refractivity contribution in [3.63, 3.8) is 0 Å². The average Bonchev–Trinajstić information content (AvgIpc) is 2.19. The third-order valence-electron chi connectivity index (χ3n) is 2.32. The van der Waals surface area contributed by atoms with Crippen molar-refractivity contribution in [2.75, 3.05) is 0 Å². The Bertz CT molecular complexity index is 313. The summed E-state index contributed by atoms with van der Waals surface area (Å²) in [6.07, 6.45) is 3.89. The Balaban J connectivity index is 0.000000187. The highest BCUT2D eigenvalue weighted by Gasteiger charge is 2.09. The zero-order chi connectivity index (χ0) is 11.3. The molecule has 15 heavy (non-hydrogen) atoms. The minimum absolute atomic E-state index is 0.111. The molecule has 2 nitrogen and oxygen atoms in total. The number of alkyl halides is 1. The van der Waals surface area contributed by atoms with Gasteiger partial charge in [0.1, 0.15) is 18.2 Å². The van der Waals surface area contributed by atoms with Crippen LogP contribution in [0, 0.1) is 5.82 Å². The summed E-state index contributed by atoms with van der Waals surface area (Å²) in [6.45, 7) is -0.889. The van der Waals surface area contributed by atoms with Crippen LogP contribution in [-0.4, -0.2) is 11.1 Å². The summed E-state index contributed by atoms with van der Waals surface area (Å²) in [5, 5.41) is 8.74. The molecule has 0 aliphatic heterocycles. The van der Waals surface area contributed by atoms with Crippen molar-refractivity contribution in [1.29, 1.82) is 0 Å². The highest BCUT2D eigenvalue weighted by atomic mass is 19.1. The molecule has 0 saturated heterocycles. The molecule has 4 heteroatoms. The smallest absolute Gasteiger partial charge is 0.129 e. The second kappa shape index (κ2) is 5.66. The second-order valence-corrected chi connectivity index (χ2v) is 3.60. The number of aromatic hydroxyl groups is 1. The summed E-state index contributed by atoms with van der Waals surface area (Å²) in [7, 11) is 0. The highest BCUT2D eigenvalue weighted by Crippen LogP contribution is 2.15. The van der Waals surface area contributed by atoms with E-state index in [4.69, 9.17) is 10.8 Å². The molecule has 3 N–H and O–H groups in total. The van der Waals surface area contributed by atoms with Crippen molar-refractivity contribution in [3.8, 4) is 5.75 Å². The van der Waals surface area contributed by atoms with Gasteiger partial charge in [0.15, 0.2) is 0 Å². The third-order valence-corrected chi connectivity index (χ3v) is 2.32. The summed E-state index contributed by atoms with van der Waals surface area (Å²) >= 11 is 0. The topological polar surface area (TPSA) is 46.2 Å². The zero-order valence-electron chi connectivity index (χ0n) is 8.42. The maximum absolute atomic E-state index is 12.4. The number of hydrogen-bond donors (Lipinski definition) is 2. The van der Waals surface area contributed by atoms with Crippen LogP contribution in [-0.2, 0) is 6.67 Å². The Hall–Kier alpha value is -1.16. The summed E-state index contributed by atoms with van der Waals surface area (Å²) < 4.78 is 24.2. The largest absolute Gasteiger partial charge is 0.508 e. The number of nitrogens with two attached hydrogens (primary N) is 1. The Morgan fingerprint density at radius 2 is 2.00 bits per heavy atom. The molecule has 84 valence electrons. The summed E-state index contributed by atoms with van der Waals surface area (Å²) in [4.78, 5) is 0. The SMILES string of the molecule is NC1CCC1.Oc1ccc(F)c(CF)c1. The van der Waals surface area contributed by atoms with E-state index in [1.54, 1.807) is 0 Å². The van der Waals surface area contributed by atoms with E-state index in [1.165, 1.54) is 25.3 Å². The Labute approximate surface area is 87.7 Å². The Morgan fingerprint density at radius 1 is 1.40 bits per heavy atom. The first-order chi connectivity index (χ1) is 7.13. The fraction of sp³-hybridized carbons (Fsp3) is 0.455. The van der Waals surface area contributed by atoms with Crippen LogP contribution >= 0.6 is 0 Å². The highest BCUT2D eigenvalue weighted by molar-refractivity contribution is 5.27. The molecule has 0 heterocycles. The lowest BCUT2D eigenvalue weighted by Gasteiger charge is -2.18. The molecule has 1 saturated carbocycles. The molecule has 0 unspecified atom stereocenters. The van der Waals surface area contributed by atoms with Crippen LogP contribution in [0.15, 0.2) is 18.2 Å². The fourth-order valence-corrected chi connectivity index (χ4v) is 1.10. The van der Waals surface area contributed by atoms with E-state index in [0.29, 0.717) is 6.04 Å². The maximum atomic E-state index is 12.4. The lowest BCUT2D eigenvalue weighted by Crippen LogP contribution is -2.27. The normalized spacial score (nSPS) is 15.1. The molecule has 1 aliphatic carbocycles. The first kappa shape index (κ1) is 11.9. The molecular formula is C11H15F2NO. The number of halogens is 2. The van der Waals surface area contributed by atoms with Crippen molar-refractivity contribution < 1.29 is 13.9 Å². The summed E-state index contributed by atoms with van der Waals surface area (Å²) in [5.41, 5.74) is 5.27. The van der Waals surface area contributed by atoms with Gasteiger partial charge in [0.05, 0.1) is 0 Å². The monoisotopic (exact) mass is 215 g/mol. The molecule has 2 rings (SSSR count). The van der Waals surface area contributed by atoms with E-state index < -0.39 is 12.5 Å². The fourth-order valence-electron chi connectivity index (χ4n) is 1.10. The van der Waals surface area contributed by atoms with E-state index >= 15 is 0 Å². The van der Waals surface area contributed by atoms with Gasteiger partial charge in [0.2, 0.25) is 0 Å². The molecular weight excluding hydrogens is 200 g/mol. The minimum Gasteiger partial charge on any atom is -0.508 e. The van der Waals surface area contributed by atoms with Crippen LogP contribution < -0.4 is 5.73 Å². The molecule has 0 spiro atoms. The van der Waals surface area contributed by atoms with Crippen LogP contribution in [0.4, 0.5) is 8.78 Å². The second-order valence-electron chi connectivity index (χ2n) is 3.60. The van der Waals surface area contributed by atoms with Crippen molar-refractivity contribution in [2.45, 2.75) is 32.0 Å². The molecule has 0 radical (unpaired) electrons. The average molecular weight is 215 g/mol. The van der Waals surface area contributed by atoms with E-state index in [9.17, 15) is 8.78 Å². The van der Waals surface area contributed by atoms with Gasteiger partial charge in [-0.2, -0.15) is 0 Å². The number of hydrogen-bond acceptors (Lipinski definition) is 2. The molecule has 1 aromatic rings. The molecule has 1 fully saturated rings. The van der Waals surface area contributed by atoms with E-state index in [2.05, 4.69) is 0 Å². The first-order valence-corrected chi connectivity index (χ1v) is 4.92. The van der Waals surface area contributed by atoms with Crippen molar-refractivity contribution in [1.82, 2.24) is 0 Å². The molecule has 0 aromatic heterocycles. The van der Waals surface area contributed by atoms with Gasteiger partial charge < -0.3 is 10.8 Å². The van der Waals surface area contributed by atoms with Crippen molar-refractivity contribution >= 4 is 0 Å². The Morgan fingerprint density at radius 3 is 2.33 bits per heavy atom. The summed E-state index contributed by atoms with van der Waals surface area (Å²) in [6, 6.07) is 3.84. The summed E-state index contributed by atoms with van der Waals surface area (Å²) in [5.74, 6) is -0.741. The first-order valence-electron chi connectivity index (χ1n) is 4.92. The van der Waals surface area contributed by atoms with E-state index in [-0.39, 0.29) is 11.3 Å². The van der Waals surface area contributed by atoms with Gasteiger partial charge in [-0.25, -0.2) is 8.78 Å². The zero-order valence-corrected chi connectivity index (χ0v) is 8.42. The predicted molar refractivity (Wildman–Crippen MR) is 54.7 cm³/mol. The lowest BCUT2D eigenvalue weighted by atomic mass is 9.95. The van der Waals surface area contributed by atoms with Gasteiger partial charge in [-0.15, -0.1) is 0 Å². The minimum atomic E-state index is -0.889. The number of phenolic OH excluding ortho intramolecular Hbond substituents is 1. The lowest BCUT2D eigenvalue weighted by molar-refractivity contribution is 0.418. The van der Waals surface area contributed by atoms with Gasteiger partial charge in [-0.1, -0.05) is 6.42 Å². The molecule has 1 aliphatic rings. The van der Waals surface area contributed by atoms with Crippen LogP contribution in [0.2, 0.25) is 0 Å². The number of benzene rings is 1. The third kappa shape index (κ3) is 3.83. The quantitative estimate of drug-likeness (QED) is 0.756. The van der Waals surface area contributed by atoms with E-state index in [1.807, 2.05) is 0 Å². The van der Waals surface area contributed by atoms with Crippen LogP contribution in [0.5, 0.6) is 5.75 Å².